The van der Waals surface area contributed by atoms with Crippen molar-refractivity contribution >= 4 is 26.8 Å². The number of halogens is 4. The van der Waals surface area contributed by atoms with Crippen LogP contribution in [0, 0.1) is 18.2 Å². The van der Waals surface area contributed by atoms with Gasteiger partial charge in [-0.3, -0.25) is 4.79 Å². The van der Waals surface area contributed by atoms with Gasteiger partial charge in [0.1, 0.15) is 11.2 Å². The molecule has 1 atom stereocenters. The predicted octanol–water partition coefficient (Wildman–Crippen LogP) is 3.76. The number of alkyl halides is 3. The molecule has 0 radical (unpaired) electrons. The first-order chi connectivity index (χ1) is 19.1. The highest BCUT2D eigenvalue weighted by atomic mass is 32.2. The maximum absolute atomic E-state index is 13.9. The minimum Gasteiger partial charge on any atom is -0.332 e. The number of nitrogens with zero attached hydrogens (tertiary/aromatic N) is 7. The van der Waals surface area contributed by atoms with Crippen molar-refractivity contribution in [3.63, 3.8) is 0 Å². The van der Waals surface area contributed by atoms with Gasteiger partial charge in [0.25, 0.3) is 10.0 Å². The van der Waals surface area contributed by atoms with Crippen molar-refractivity contribution in [2.75, 3.05) is 19.6 Å². The van der Waals surface area contributed by atoms with Gasteiger partial charge in [-0.25, -0.2) is 17.5 Å². The van der Waals surface area contributed by atoms with Gasteiger partial charge in [-0.05, 0) is 68.3 Å². The number of piperazine rings is 1. The first-order valence-corrected chi connectivity index (χ1v) is 14.0. The number of hydrogen-bond acceptors (Lipinski definition) is 6. The van der Waals surface area contributed by atoms with Gasteiger partial charge in [-0.15, -0.1) is 5.10 Å². The second-order valence-electron chi connectivity index (χ2n) is 10.5. The first-order valence-electron chi connectivity index (χ1n) is 12.6. The number of hydrogen-bond donors (Lipinski definition) is 0. The molecule has 2 aromatic heterocycles. The van der Waals surface area contributed by atoms with Gasteiger partial charge in [0.15, 0.2) is 0 Å². The average molecular weight is 594 g/mol. The fourth-order valence-corrected chi connectivity index (χ4v) is 6.21. The van der Waals surface area contributed by atoms with Crippen molar-refractivity contribution in [2.45, 2.75) is 38.0 Å². The van der Waals surface area contributed by atoms with Crippen LogP contribution in [0.3, 0.4) is 0 Å². The van der Waals surface area contributed by atoms with Gasteiger partial charge in [0, 0.05) is 32.1 Å². The summed E-state index contributed by atoms with van der Waals surface area (Å²) in [5.74, 6) is -1.57. The molecule has 0 N–H and O–H groups in total. The van der Waals surface area contributed by atoms with Crippen LogP contribution in [0.25, 0.3) is 16.6 Å². The van der Waals surface area contributed by atoms with Crippen molar-refractivity contribution in [3.8, 4) is 5.69 Å². The lowest BCUT2D eigenvalue weighted by Crippen LogP contribution is -2.57. The lowest BCUT2D eigenvalue weighted by Gasteiger charge is -2.44. The number of benzene rings is 2. The largest absolute Gasteiger partial charge is 0.402 e. The number of aromatic nitrogens is 5. The average Bonchev–Trinajstić information content (AvgIpc) is 3.53. The van der Waals surface area contributed by atoms with E-state index < -0.39 is 39.4 Å². The second kappa shape index (κ2) is 9.91. The van der Waals surface area contributed by atoms with Crippen LogP contribution in [0.1, 0.15) is 31.0 Å². The maximum Gasteiger partial charge on any atom is 0.402 e. The van der Waals surface area contributed by atoms with Crippen LogP contribution < -0.4 is 0 Å². The summed E-state index contributed by atoms with van der Waals surface area (Å²) >= 11 is 0. The predicted molar refractivity (Wildman–Crippen MR) is 140 cm³/mol. The molecule has 0 saturated carbocycles. The number of fused-ring (bicyclic) bond motifs is 1. The molecule has 0 bridgehead atoms. The van der Waals surface area contributed by atoms with Crippen molar-refractivity contribution in [1.29, 1.82) is 0 Å². The smallest absolute Gasteiger partial charge is 0.332 e. The van der Waals surface area contributed by atoms with Gasteiger partial charge in [-0.2, -0.15) is 32.5 Å². The van der Waals surface area contributed by atoms with Crippen molar-refractivity contribution in [3.05, 3.63) is 65.7 Å². The normalized spacial score (nSPS) is 17.4. The molecular formula is C26H27F4N7O3S. The SMILES string of the molecule is Cc1cc2c(cnn2-c2ccc(F)cc2)cc1C1CN(S(=O)(=O)c2cnn(C)n2)CCN1C(=O)C(C)(C)C(F)(F)F. The summed E-state index contributed by atoms with van der Waals surface area (Å²) in [6.07, 6.45) is -2.19. The van der Waals surface area contributed by atoms with Crippen LogP contribution in [0.2, 0.25) is 0 Å². The summed E-state index contributed by atoms with van der Waals surface area (Å²) in [4.78, 5) is 15.6. The van der Waals surface area contributed by atoms with Gasteiger partial charge in [0.05, 0.1) is 29.6 Å². The molecular weight excluding hydrogens is 566 g/mol. The first kappa shape index (κ1) is 28.7. The summed E-state index contributed by atoms with van der Waals surface area (Å²) in [6, 6.07) is 8.12. The minimum absolute atomic E-state index is 0.223. The van der Waals surface area contributed by atoms with Crippen molar-refractivity contribution < 1.29 is 30.8 Å². The molecule has 41 heavy (non-hydrogen) atoms. The van der Waals surface area contributed by atoms with Crippen LogP contribution in [0.5, 0.6) is 0 Å². The summed E-state index contributed by atoms with van der Waals surface area (Å²) < 4.78 is 84.7. The number of carbonyl (C=O) groups is 1. The van der Waals surface area contributed by atoms with E-state index in [1.807, 2.05) is 0 Å². The molecule has 0 aliphatic carbocycles. The van der Waals surface area contributed by atoms with E-state index >= 15 is 0 Å². The quantitative estimate of drug-likeness (QED) is 0.327. The lowest BCUT2D eigenvalue weighted by molar-refractivity contribution is -0.219. The zero-order valence-corrected chi connectivity index (χ0v) is 23.4. The van der Waals surface area contributed by atoms with Crippen molar-refractivity contribution in [1.82, 2.24) is 34.0 Å². The Morgan fingerprint density at radius 1 is 1.02 bits per heavy atom. The molecule has 10 nitrogen and oxygen atoms in total. The molecule has 218 valence electrons. The molecule has 3 heterocycles. The Morgan fingerprint density at radius 2 is 1.71 bits per heavy atom. The van der Waals surface area contributed by atoms with E-state index in [1.165, 1.54) is 19.2 Å². The highest BCUT2D eigenvalue weighted by molar-refractivity contribution is 7.89. The molecule has 1 unspecified atom stereocenters. The second-order valence-corrected chi connectivity index (χ2v) is 12.4. The molecule has 5 rings (SSSR count). The highest BCUT2D eigenvalue weighted by Gasteiger charge is 2.56. The van der Waals surface area contributed by atoms with E-state index in [9.17, 15) is 30.8 Å². The van der Waals surface area contributed by atoms with Crippen LogP contribution in [0.4, 0.5) is 17.6 Å². The fourth-order valence-electron chi connectivity index (χ4n) is 4.89. The molecule has 0 spiro atoms. The highest BCUT2D eigenvalue weighted by Crippen LogP contribution is 2.42. The number of rotatable bonds is 5. The Morgan fingerprint density at radius 3 is 2.32 bits per heavy atom. The maximum atomic E-state index is 13.9. The molecule has 1 saturated heterocycles. The fraction of sp³-hybridized carbons (Fsp3) is 0.385. The lowest BCUT2D eigenvalue weighted by atomic mass is 9.88. The van der Waals surface area contributed by atoms with Gasteiger partial charge < -0.3 is 4.90 Å². The van der Waals surface area contributed by atoms with E-state index in [0.29, 0.717) is 27.7 Å². The molecule has 2 aromatic carbocycles. The number of aryl methyl sites for hydroxylation is 2. The minimum atomic E-state index is -4.83. The number of carbonyl (C=O) groups excluding carboxylic acids is 1. The number of sulfonamides is 1. The van der Waals surface area contributed by atoms with Crippen LogP contribution >= 0.6 is 0 Å². The Kier molecular flexibility index (Phi) is 6.93. The summed E-state index contributed by atoms with van der Waals surface area (Å²) in [7, 11) is -2.69. The standard InChI is InChI=1S/C26H27F4N7O3S/c1-16-11-21-17(13-32-37(21)19-7-5-18(27)6-8-19)12-20(16)22-15-35(41(39,40)23-14-31-34(4)33-23)9-10-36(22)24(38)25(2,3)26(28,29)30/h5-8,11-14,22H,9-10,15H2,1-4H3. The third-order valence-electron chi connectivity index (χ3n) is 7.42. The van der Waals surface area contributed by atoms with E-state index in [4.69, 9.17) is 0 Å². The van der Waals surface area contributed by atoms with E-state index in [0.717, 1.165) is 34.0 Å². The Bertz CT molecular complexity index is 1730. The van der Waals surface area contributed by atoms with E-state index in [2.05, 4.69) is 15.3 Å². The van der Waals surface area contributed by atoms with Gasteiger partial charge >= 0.3 is 6.18 Å². The van der Waals surface area contributed by atoms with Gasteiger partial charge in [0.2, 0.25) is 10.9 Å². The summed E-state index contributed by atoms with van der Waals surface area (Å²) in [5, 5.41) is 12.4. The molecule has 4 aromatic rings. The monoisotopic (exact) mass is 593 g/mol. The number of amides is 1. The molecule has 1 fully saturated rings. The summed E-state index contributed by atoms with van der Waals surface area (Å²) in [5.41, 5.74) is -0.389. The van der Waals surface area contributed by atoms with Gasteiger partial charge in [-0.1, -0.05) is 0 Å². The zero-order valence-electron chi connectivity index (χ0n) is 22.6. The van der Waals surface area contributed by atoms with E-state index in [-0.39, 0.29) is 24.7 Å². The van der Waals surface area contributed by atoms with Crippen molar-refractivity contribution in [2.24, 2.45) is 12.5 Å². The molecule has 1 aliphatic heterocycles. The third kappa shape index (κ3) is 4.96. The third-order valence-corrected chi connectivity index (χ3v) is 9.14. The Hall–Kier alpha value is -3.85. The molecule has 1 aliphatic rings. The Labute approximate surface area is 233 Å². The molecule has 1 amide bonds. The van der Waals surface area contributed by atoms with Crippen LogP contribution in [0.15, 0.2) is 53.8 Å². The van der Waals surface area contributed by atoms with Crippen LogP contribution in [-0.2, 0) is 21.9 Å². The van der Waals surface area contributed by atoms with Crippen LogP contribution in [-0.4, -0.2) is 74.1 Å². The Balaban J connectivity index is 1.59. The summed E-state index contributed by atoms with van der Waals surface area (Å²) in [6.45, 7) is 2.57. The molecule has 15 heteroatoms. The topological polar surface area (TPSA) is 106 Å². The van der Waals surface area contributed by atoms with E-state index in [1.54, 1.807) is 42.1 Å². The zero-order chi connectivity index (χ0) is 29.9.